The smallest absolute Gasteiger partial charge is 0.238 e. The largest absolute Gasteiger partial charge is 0.353 e. The second kappa shape index (κ2) is 4.86. The molecule has 0 aromatic rings. The Morgan fingerprint density at radius 2 is 2.31 bits per heavy atom. The van der Waals surface area contributed by atoms with E-state index >= 15 is 0 Å². The van der Waals surface area contributed by atoms with Crippen LogP contribution in [0.3, 0.4) is 0 Å². The van der Waals surface area contributed by atoms with Crippen LogP contribution in [0, 0.1) is 0 Å². The molecule has 0 spiro atoms. The summed E-state index contributed by atoms with van der Waals surface area (Å²) in [5.41, 5.74) is 0. The number of hydrogen-bond acceptors (Lipinski definition) is 3. The summed E-state index contributed by atoms with van der Waals surface area (Å²) < 4.78 is 0. The van der Waals surface area contributed by atoms with Crippen LogP contribution in [-0.2, 0) is 4.79 Å². The molecule has 1 amide bonds. The van der Waals surface area contributed by atoms with Crippen LogP contribution in [0.2, 0.25) is 0 Å². The van der Waals surface area contributed by atoms with E-state index in [2.05, 4.69) is 10.2 Å². The molecule has 0 radical (unpaired) electrons. The fraction of sp³-hybridized carbons (Fsp3) is 0.889. The van der Waals surface area contributed by atoms with E-state index < -0.39 is 0 Å². The molecule has 0 aromatic heterocycles. The van der Waals surface area contributed by atoms with Gasteiger partial charge in [0, 0.05) is 24.1 Å². The molecule has 1 aliphatic rings. The Labute approximate surface area is 84.2 Å². The molecule has 0 aliphatic carbocycles. The third-order valence-corrected chi connectivity index (χ3v) is 3.15. The van der Waals surface area contributed by atoms with Gasteiger partial charge >= 0.3 is 0 Å². The van der Waals surface area contributed by atoms with Crippen LogP contribution in [0.1, 0.15) is 13.8 Å². The highest BCUT2D eigenvalue weighted by atomic mass is 32.2. The zero-order valence-electron chi connectivity index (χ0n) is 8.54. The molecule has 1 saturated heterocycles. The molecule has 0 aromatic carbocycles. The minimum absolute atomic E-state index is 0.0705. The van der Waals surface area contributed by atoms with E-state index in [4.69, 9.17) is 0 Å². The summed E-state index contributed by atoms with van der Waals surface area (Å²) in [4.78, 5) is 13.8. The topological polar surface area (TPSA) is 32.3 Å². The summed E-state index contributed by atoms with van der Waals surface area (Å²) in [7, 11) is 2.02. The average molecular weight is 202 g/mol. The lowest BCUT2D eigenvalue weighted by molar-refractivity contribution is -0.125. The fourth-order valence-electron chi connectivity index (χ4n) is 1.34. The van der Waals surface area contributed by atoms with Gasteiger partial charge in [0.2, 0.25) is 5.91 Å². The van der Waals surface area contributed by atoms with E-state index in [9.17, 15) is 4.79 Å². The van der Waals surface area contributed by atoms with Crippen molar-refractivity contribution in [2.75, 3.05) is 25.1 Å². The second-order valence-electron chi connectivity index (χ2n) is 3.73. The van der Waals surface area contributed by atoms with Gasteiger partial charge in [0.1, 0.15) is 0 Å². The predicted octanol–water partition coefficient (Wildman–Crippen LogP) is 0.558. The first-order valence-electron chi connectivity index (χ1n) is 4.69. The number of likely N-dealkylation sites (N-methyl/N-ethyl adjacent to an activating group) is 1. The fourth-order valence-corrected chi connectivity index (χ4v) is 2.56. The van der Waals surface area contributed by atoms with Gasteiger partial charge in [-0.1, -0.05) is 0 Å². The van der Waals surface area contributed by atoms with Crippen LogP contribution in [0.5, 0.6) is 0 Å². The van der Waals surface area contributed by atoms with Crippen molar-refractivity contribution < 1.29 is 4.79 Å². The zero-order chi connectivity index (χ0) is 9.84. The highest BCUT2D eigenvalue weighted by Gasteiger charge is 2.26. The van der Waals surface area contributed by atoms with E-state index in [0.29, 0.717) is 0 Å². The van der Waals surface area contributed by atoms with Gasteiger partial charge in [0.25, 0.3) is 0 Å². The van der Waals surface area contributed by atoms with Gasteiger partial charge in [-0.3, -0.25) is 9.69 Å². The molecule has 76 valence electrons. The molecule has 0 bridgehead atoms. The number of nitrogens with zero attached hydrogens (tertiary/aromatic N) is 1. The van der Waals surface area contributed by atoms with Gasteiger partial charge in [0.15, 0.2) is 0 Å². The molecule has 13 heavy (non-hydrogen) atoms. The SMILES string of the molecule is CC(C)NC(=O)[C@H]1CSCCN1C. The van der Waals surface area contributed by atoms with Gasteiger partial charge in [-0.05, 0) is 20.9 Å². The van der Waals surface area contributed by atoms with Crippen molar-refractivity contribution in [1.82, 2.24) is 10.2 Å². The van der Waals surface area contributed by atoms with Crippen LogP contribution >= 0.6 is 11.8 Å². The molecule has 0 unspecified atom stereocenters. The van der Waals surface area contributed by atoms with E-state index in [-0.39, 0.29) is 18.0 Å². The number of amides is 1. The molecule has 1 atom stereocenters. The van der Waals surface area contributed by atoms with Crippen molar-refractivity contribution in [2.45, 2.75) is 25.9 Å². The maximum Gasteiger partial charge on any atom is 0.238 e. The number of carbonyl (C=O) groups is 1. The first-order valence-corrected chi connectivity index (χ1v) is 5.85. The normalized spacial score (nSPS) is 24.8. The highest BCUT2D eigenvalue weighted by Crippen LogP contribution is 2.14. The minimum atomic E-state index is 0.0705. The average Bonchev–Trinajstić information content (AvgIpc) is 2.03. The third-order valence-electron chi connectivity index (χ3n) is 2.13. The molecule has 1 N–H and O–H groups in total. The number of rotatable bonds is 2. The van der Waals surface area contributed by atoms with E-state index in [1.807, 2.05) is 32.7 Å². The minimum Gasteiger partial charge on any atom is -0.353 e. The lowest BCUT2D eigenvalue weighted by Gasteiger charge is -2.31. The first kappa shape index (κ1) is 10.9. The van der Waals surface area contributed by atoms with Crippen molar-refractivity contribution in [1.29, 1.82) is 0 Å². The molecule has 4 heteroatoms. The maximum atomic E-state index is 11.7. The molecule has 1 heterocycles. The summed E-state index contributed by atoms with van der Waals surface area (Å²) in [6, 6.07) is 0.314. The Bertz CT molecular complexity index is 184. The zero-order valence-corrected chi connectivity index (χ0v) is 9.36. The second-order valence-corrected chi connectivity index (χ2v) is 4.88. The van der Waals surface area contributed by atoms with E-state index in [1.165, 1.54) is 0 Å². The van der Waals surface area contributed by atoms with Gasteiger partial charge in [-0.2, -0.15) is 11.8 Å². The lowest BCUT2D eigenvalue weighted by Crippen LogP contribution is -2.51. The van der Waals surface area contributed by atoms with Crippen LogP contribution in [0.15, 0.2) is 0 Å². The number of carbonyl (C=O) groups excluding carboxylic acids is 1. The Kier molecular flexibility index (Phi) is 4.06. The predicted molar refractivity (Wildman–Crippen MR) is 57.0 cm³/mol. The maximum absolute atomic E-state index is 11.7. The van der Waals surface area contributed by atoms with Crippen molar-refractivity contribution in [2.24, 2.45) is 0 Å². The van der Waals surface area contributed by atoms with Gasteiger partial charge in [-0.25, -0.2) is 0 Å². The molecular weight excluding hydrogens is 184 g/mol. The molecule has 1 aliphatic heterocycles. The van der Waals surface area contributed by atoms with Gasteiger partial charge in [0.05, 0.1) is 6.04 Å². The van der Waals surface area contributed by atoms with Crippen LogP contribution in [0.25, 0.3) is 0 Å². The molecular formula is C9H18N2OS. The number of thioether (sulfide) groups is 1. The van der Waals surface area contributed by atoms with Crippen LogP contribution in [-0.4, -0.2) is 48.0 Å². The van der Waals surface area contributed by atoms with Gasteiger partial charge in [-0.15, -0.1) is 0 Å². The summed E-state index contributed by atoms with van der Waals surface area (Å²) in [5.74, 6) is 2.24. The molecule has 1 rings (SSSR count). The molecule has 3 nitrogen and oxygen atoms in total. The first-order chi connectivity index (χ1) is 6.11. The Morgan fingerprint density at radius 1 is 1.62 bits per heavy atom. The monoisotopic (exact) mass is 202 g/mol. The van der Waals surface area contributed by atoms with Crippen molar-refractivity contribution in [3.05, 3.63) is 0 Å². The Balaban J connectivity index is 2.44. The summed E-state index contributed by atoms with van der Waals surface area (Å²) in [6.07, 6.45) is 0. The Hall–Kier alpha value is -0.220. The summed E-state index contributed by atoms with van der Waals surface area (Å²) >= 11 is 1.86. The number of nitrogens with one attached hydrogen (secondary N) is 1. The third kappa shape index (κ3) is 3.19. The van der Waals surface area contributed by atoms with Crippen LogP contribution in [0.4, 0.5) is 0 Å². The van der Waals surface area contributed by atoms with Crippen molar-refractivity contribution >= 4 is 17.7 Å². The summed E-state index contributed by atoms with van der Waals surface area (Å²) in [5, 5.41) is 2.95. The Morgan fingerprint density at radius 3 is 2.85 bits per heavy atom. The quantitative estimate of drug-likeness (QED) is 0.710. The highest BCUT2D eigenvalue weighted by molar-refractivity contribution is 7.99. The molecule has 0 saturated carbocycles. The van der Waals surface area contributed by atoms with Crippen molar-refractivity contribution in [3.63, 3.8) is 0 Å². The molecule has 1 fully saturated rings. The lowest BCUT2D eigenvalue weighted by atomic mass is 10.2. The van der Waals surface area contributed by atoms with E-state index in [1.54, 1.807) is 0 Å². The van der Waals surface area contributed by atoms with E-state index in [0.717, 1.165) is 18.1 Å². The van der Waals surface area contributed by atoms with Crippen molar-refractivity contribution in [3.8, 4) is 0 Å². The number of hydrogen-bond donors (Lipinski definition) is 1. The summed E-state index contributed by atoms with van der Waals surface area (Å²) in [6.45, 7) is 5.00. The van der Waals surface area contributed by atoms with Gasteiger partial charge < -0.3 is 5.32 Å². The standard InChI is InChI=1S/C9H18N2OS/c1-7(2)10-9(12)8-6-13-5-4-11(8)3/h7-8H,4-6H2,1-3H3,(H,10,12)/t8-/m1/s1. The van der Waals surface area contributed by atoms with Crippen LogP contribution < -0.4 is 5.32 Å².